The molecule has 198 valence electrons. The van der Waals surface area contributed by atoms with E-state index in [-0.39, 0.29) is 30.0 Å². The fourth-order valence-corrected chi connectivity index (χ4v) is 6.66. The molecule has 0 spiro atoms. The first-order valence-corrected chi connectivity index (χ1v) is 13.6. The van der Waals surface area contributed by atoms with Crippen molar-refractivity contribution in [3.05, 3.63) is 29.8 Å². The second-order valence-corrected chi connectivity index (χ2v) is 10.8. The maximum Gasteiger partial charge on any atom is 0.325 e. The molecule has 5 rings (SSSR count). The molecule has 0 bridgehead atoms. The Kier molecular flexibility index (Phi) is 7.81. The zero-order chi connectivity index (χ0) is 25.1. The Balaban J connectivity index is 1.20. The van der Waals surface area contributed by atoms with Crippen molar-refractivity contribution < 1.29 is 19.1 Å². The molecule has 36 heavy (non-hydrogen) atoms. The number of urea groups is 1. The first kappa shape index (κ1) is 25.4. The standard InChI is InChI=1S/C27H41N5O4/c1-3-12-27(25(33)32(26(34)29-27)18-23-5-4-15-36-23)21-10-13-31(14-11-21)17-20-16-28-30-24(20)19-6-8-22(35-2)9-7-19/h6-9,20-21,23-24,28,30H,3-5,10-18H2,1-2H3,(H,29,34). The van der Waals surface area contributed by atoms with Gasteiger partial charge in [-0.05, 0) is 68.8 Å². The number of rotatable bonds is 9. The van der Waals surface area contributed by atoms with Crippen molar-refractivity contribution in [3.8, 4) is 5.75 Å². The molecular weight excluding hydrogens is 458 g/mol. The normalized spacial score (nSPS) is 31.8. The summed E-state index contributed by atoms with van der Waals surface area (Å²) in [6.07, 6.45) is 5.28. The molecule has 9 heteroatoms. The van der Waals surface area contributed by atoms with Crippen LogP contribution in [0.3, 0.4) is 0 Å². The molecule has 4 fully saturated rings. The summed E-state index contributed by atoms with van der Waals surface area (Å²) in [5, 5.41) is 3.17. The lowest BCUT2D eigenvalue weighted by Crippen LogP contribution is -2.56. The number of methoxy groups -OCH3 is 1. The Bertz CT molecular complexity index is 913. The van der Waals surface area contributed by atoms with Crippen molar-refractivity contribution in [2.45, 2.75) is 63.1 Å². The minimum atomic E-state index is -0.765. The SMILES string of the molecule is CCCC1(C2CCN(CC3CNNC3c3ccc(OC)cc3)CC2)NC(=O)N(CC2CCCO2)C1=O. The number of imide groups is 1. The Labute approximate surface area is 214 Å². The Morgan fingerprint density at radius 3 is 2.56 bits per heavy atom. The van der Waals surface area contributed by atoms with Gasteiger partial charge in [0.1, 0.15) is 11.3 Å². The molecule has 4 saturated heterocycles. The number of carbonyl (C=O) groups excluding carboxylic acids is 2. The highest BCUT2D eigenvalue weighted by Gasteiger charge is 2.55. The van der Waals surface area contributed by atoms with Gasteiger partial charge in [-0.15, -0.1) is 0 Å². The summed E-state index contributed by atoms with van der Waals surface area (Å²) >= 11 is 0. The third-order valence-corrected chi connectivity index (χ3v) is 8.60. The maximum absolute atomic E-state index is 13.7. The van der Waals surface area contributed by atoms with Gasteiger partial charge in [0, 0.05) is 25.6 Å². The zero-order valence-corrected chi connectivity index (χ0v) is 21.6. The molecule has 1 aromatic rings. The molecule has 4 aliphatic heterocycles. The second kappa shape index (κ2) is 11.0. The molecule has 4 atom stereocenters. The Morgan fingerprint density at radius 2 is 1.89 bits per heavy atom. The topological polar surface area (TPSA) is 95.2 Å². The van der Waals surface area contributed by atoms with Crippen LogP contribution in [0.5, 0.6) is 5.75 Å². The van der Waals surface area contributed by atoms with Crippen molar-refractivity contribution in [1.82, 2.24) is 26.0 Å². The van der Waals surface area contributed by atoms with Gasteiger partial charge in [-0.25, -0.2) is 10.2 Å². The largest absolute Gasteiger partial charge is 0.497 e. The number of likely N-dealkylation sites (tertiary alicyclic amines) is 1. The summed E-state index contributed by atoms with van der Waals surface area (Å²) < 4.78 is 11.0. The molecule has 9 nitrogen and oxygen atoms in total. The summed E-state index contributed by atoms with van der Waals surface area (Å²) in [7, 11) is 1.69. The van der Waals surface area contributed by atoms with E-state index >= 15 is 0 Å². The van der Waals surface area contributed by atoms with E-state index in [1.165, 1.54) is 10.5 Å². The third kappa shape index (κ3) is 4.98. The smallest absolute Gasteiger partial charge is 0.325 e. The number of ether oxygens (including phenoxy) is 2. The van der Waals surface area contributed by atoms with Crippen LogP contribution in [0.25, 0.3) is 0 Å². The van der Waals surface area contributed by atoms with Crippen molar-refractivity contribution in [1.29, 1.82) is 0 Å². The number of hydrazine groups is 1. The molecule has 4 heterocycles. The van der Waals surface area contributed by atoms with Crippen molar-refractivity contribution in [2.75, 3.05) is 46.4 Å². The molecule has 0 aliphatic carbocycles. The highest BCUT2D eigenvalue weighted by molar-refractivity contribution is 6.07. The summed E-state index contributed by atoms with van der Waals surface area (Å²) in [4.78, 5) is 30.5. The van der Waals surface area contributed by atoms with E-state index in [9.17, 15) is 9.59 Å². The van der Waals surface area contributed by atoms with E-state index in [2.05, 4.69) is 40.1 Å². The number of hydrogen-bond donors (Lipinski definition) is 3. The van der Waals surface area contributed by atoms with E-state index < -0.39 is 5.54 Å². The van der Waals surface area contributed by atoms with Crippen LogP contribution in [0.4, 0.5) is 4.79 Å². The predicted molar refractivity (Wildman–Crippen MR) is 136 cm³/mol. The second-order valence-electron chi connectivity index (χ2n) is 10.8. The molecule has 1 aromatic carbocycles. The van der Waals surface area contributed by atoms with Crippen molar-refractivity contribution in [2.24, 2.45) is 11.8 Å². The lowest BCUT2D eigenvalue weighted by molar-refractivity contribution is -0.135. The van der Waals surface area contributed by atoms with Crippen LogP contribution in [-0.4, -0.2) is 79.8 Å². The summed E-state index contributed by atoms with van der Waals surface area (Å²) in [5.74, 6) is 1.45. The number of hydrogen-bond acceptors (Lipinski definition) is 7. The lowest BCUT2D eigenvalue weighted by Gasteiger charge is -2.41. The molecule has 0 saturated carbocycles. The van der Waals surface area contributed by atoms with Gasteiger partial charge >= 0.3 is 6.03 Å². The summed E-state index contributed by atoms with van der Waals surface area (Å²) in [5.41, 5.74) is 7.28. The quantitative estimate of drug-likeness (QED) is 0.449. The molecule has 3 amide bonds. The molecule has 0 radical (unpaired) electrons. The van der Waals surface area contributed by atoms with Crippen LogP contribution < -0.4 is 20.9 Å². The molecule has 0 aromatic heterocycles. The first-order valence-electron chi connectivity index (χ1n) is 13.6. The van der Waals surface area contributed by atoms with Gasteiger partial charge in [-0.3, -0.25) is 15.1 Å². The number of nitrogens with one attached hydrogen (secondary N) is 3. The van der Waals surface area contributed by atoms with Gasteiger partial charge < -0.3 is 19.7 Å². The lowest BCUT2D eigenvalue weighted by atomic mass is 9.74. The molecule has 4 unspecified atom stereocenters. The van der Waals surface area contributed by atoms with Crippen LogP contribution in [0.1, 0.15) is 57.1 Å². The van der Waals surface area contributed by atoms with Crippen LogP contribution in [0, 0.1) is 11.8 Å². The number of nitrogens with zero attached hydrogens (tertiary/aromatic N) is 2. The zero-order valence-electron chi connectivity index (χ0n) is 21.6. The number of piperidine rings is 1. The van der Waals surface area contributed by atoms with Crippen LogP contribution >= 0.6 is 0 Å². The van der Waals surface area contributed by atoms with E-state index in [0.717, 1.165) is 70.6 Å². The monoisotopic (exact) mass is 499 g/mol. The highest BCUT2D eigenvalue weighted by atomic mass is 16.5. The van der Waals surface area contributed by atoms with E-state index in [4.69, 9.17) is 9.47 Å². The fourth-order valence-electron chi connectivity index (χ4n) is 6.66. The maximum atomic E-state index is 13.7. The van der Waals surface area contributed by atoms with Gasteiger partial charge in [0.25, 0.3) is 5.91 Å². The van der Waals surface area contributed by atoms with Crippen LogP contribution in [-0.2, 0) is 9.53 Å². The van der Waals surface area contributed by atoms with Gasteiger partial charge in [0.15, 0.2) is 0 Å². The average Bonchev–Trinajstić information content (AvgIpc) is 3.63. The number of benzene rings is 1. The Hall–Kier alpha value is -2.20. The third-order valence-electron chi connectivity index (χ3n) is 8.60. The van der Waals surface area contributed by atoms with Gasteiger partial charge in [0.2, 0.25) is 0 Å². The van der Waals surface area contributed by atoms with Crippen LogP contribution in [0.15, 0.2) is 24.3 Å². The number of amides is 3. The Morgan fingerprint density at radius 1 is 1.11 bits per heavy atom. The fraction of sp³-hybridized carbons (Fsp3) is 0.704. The van der Waals surface area contributed by atoms with Crippen LogP contribution in [0.2, 0.25) is 0 Å². The van der Waals surface area contributed by atoms with Gasteiger partial charge in [0.05, 0.1) is 25.8 Å². The van der Waals surface area contributed by atoms with Gasteiger partial charge in [-0.1, -0.05) is 25.5 Å². The first-order chi connectivity index (χ1) is 17.5. The summed E-state index contributed by atoms with van der Waals surface area (Å²) in [6.45, 7) is 6.99. The minimum absolute atomic E-state index is 0.0220. The highest BCUT2D eigenvalue weighted by Crippen LogP contribution is 2.38. The number of carbonyl (C=O) groups is 2. The van der Waals surface area contributed by atoms with E-state index in [0.29, 0.717) is 18.9 Å². The minimum Gasteiger partial charge on any atom is -0.497 e. The molecule has 3 N–H and O–H groups in total. The predicted octanol–water partition coefficient (Wildman–Crippen LogP) is 2.44. The average molecular weight is 500 g/mol. The van der Waals surface area contributed by atoms with Crippen molar-refractivity contribution >= 4 is 11.9 Å². The van der Waals surface area contributed by atoms with E-state index in [1.807, 2.05) is 12.1 Å². The molecule has 4 aliphatic rings. The summed E-state index contributed by atoms with van der Waals surface area (Å²) in [6, 6.07) is 8.31. The van der Waals surface area contributed by atoms with E-state index in [1.54, 1.807) is 7.11 Å². The molecular formula is C27H41N5O4. The van der Waals surface area contributed by atoms with Gasteiger partial charge in [-0.2, -0.15) is 0 Å². The van der Waals surface area contributed by atoms with Crippen molar-refractivity contribution in [3.63, 3.8) is 0 Å².